The van der Waals surface area contributed by atoms with Crippen molar-refractivity contribution >= 4 is 5.91 Å². The number of methoxy groups -OCH3 is 1. The molecule has 1 heterocycles. The van der Waals surface area contributed by atoms with E-state index in [4.69, 9.17) is 9.47 Å². The number of hydrogen-bond donors (Lipinski definition) is 3. The van der Waals surface area contributed by atoms with Crippen molar-refractivity contribution in [1.82, 2.24) is 10.2 Å². The molecule has 1 aliphatic heterocycles. The highest BCUT2D eigenvalue weighted by Gasteiger charge is 2.45. The molecular formula is C55H110N2O5. The normalized spacial score (nSPS) is 19.1. The lowest BCUT2D eigenvalue weighted by molar-refractivity contribution is -0.259. The van der Waals surface area contributed by atoms with Crippen LogP contribution in [0.15, 0.2) is 0 Å². The van der Waals surface area contributed by atoms with Crippen molar-refractivity contribution in [2.75, 3.05) is 26.7 Å². The number of unbranched alkanes of at least 4 members (excludes halogenated alkanes) is 38. The van der Waals surface area contributed by atoms with Crippen LogP contribution in [0.5, 0.6) is 0 Å². The first-order chi connectivity index (χ1) is 30.5. The number of carbonyl (C=O) groups is 1. The van der Waals surface area contributed by atoms with Crippen molar-refractivity contribution in [3.05, 3.63) is 0 Å². The molecule has 0 spiro atoms. The van der Waals surface area contributed by atoms with Crippen molar-refractivity contribution in [2.45, 2.75) is 321 Å². The summed E-state index contributed by atoms with van der Waals surface area (Å²) >= 11 is 0. The van der Waals surface area contributed by atoms with Gasteiger partial charge in [0.15, 0.2) is 6.29 Å². The van der Waals surface area contributed by atoms with Gasteiger partial charge in [-0.3, -0.25) is 4.79 Å². The number of aliphatic hydroxyl groups is 2. The third-order valence-electron chi connectivity index (χ3n) is 13.9. The van der Waals surface area contributed by atoms with Crippen LogP contribution in [0.1, 0.15) is 290 Å². The highest BCUT2D eigenvalue weighted by atomic mass is 16.7. The summed E-state index contributed by atoms with van der Waals surface area (Å²) < 4.78 is 12.1. The summed E-state index contributed by atoms with van der Waals surface area (Å²) in [5.74, 6) is 0.150. The van der Waals surface area contributed by atoms with E-state index in [2.05, 4.69) is 26.1 Å². The quantitative estimate of drug-likeness (QED) is 0.0528. The second kappa shape index (κ2) is 45.4. The fourth-order valence-electron chi connectivity index (χ4n) is 9.57. The van der Waals surface area contributed by atoms with E-state index < -0.39 is 30.6 Å². The molecule has 1 amide bonds. The van der Waals surface area contributed by atoms with Gasteiger partial charge in [0, 0.05) is 26.6 Å². The highest BCUT2D eigenvalue weighted by Crippen LogP contribution is 2.24. The van der Waals surface area contributed by atoms with E-state index in [-0.39, 0.29) is 5.91 Å². The molecule has 0 unspecified atom stereocenters. The third kappa shape index (κ3) is 33.7. The molecule has 7 heteroatoms. The van der Waals surface area contributed by atoms with Crippen LogP contribution in [0.4, 0.5) is 0 Å². The Kier molecular flexibility index (Phi) is 43.4. The lowest BCUT2D eigenvalue weighted by Gasteiger charge is -2.44. The van der Waals surface area contributed by atoms with Gasteiger partial charge in [0.25, 0.3) is 0 Å². The molecule has 0 radical (unpaired) electrons. The van der Waals surface area contributed by atoms with Crippen LogP contribution < -0.4 is 5.32 Å². The molecule has 1 aliphatic rings. The summed E-state index contributed by atoms with van der Waals surface area (Å²) in [7, 11) is 1.61. The topological polar surface area (TPSA) is 91.3 Å². The van der Waals surface area contributed by atoms with Crippen LogP contribution in [-0.2, 0) is 14.3 Å². The Hall–Kier alpha value is -0.730. The van der Waals surface area contributed by atoms with Crippen molar-refractivity contribution < 1.29 is 24.5 Å². The fraction of sp³-hybridized carbons (Fsp3) is 0.982. The number of rotatable bonds is 48. The number of hydrogen-bond acceptors (Lipinski definition) is 6. The van der Waals surface area contributed by atoms with Crippen LogP contribution in [0.25, 0.3) is 0 Å². The monoisotopic (exact) mass is 879 g/mol. The Bertz CT molecular complexity index is 920. The first-order valence-electron chi connectivity index (χ1n) is 28.1. The maximum Gasteiger partial charge on any atom is 0.222 e. The lowest BCUT2D eigenvalue weighted by atomic mass is 9.95. The number of carbonyl (C=O) groups excluding carboxylic acids is 1. The summed E-state index contributed by atoms with van der Waals surface area (Å²) in [6.45, 7) is 8.56. The smallest absolute Gasteiger partial charge is 0.222 e. The Morgan fingerprint density at radius 3 is 1.15 bits per heavy atom. The van der Waals surface area contributed by atoms with Gasteiger partial charge >= 0.3 is 0 Å². The van der Waals surface area contributed by atoms with Gasteiger partial charge in [-0.1, -0.05) is 265 Å². The van der Waals surface area contributed by atoms with Crippen LogP contribution >= 0.6 is 0 Å². The molecule has 0 saturated carbocycles. The Morgan fingerprint density at radius 1 is 0.468 bits per heavy atom. The second-order valence-corrected chi connectivity index (χ2v) is 19.8. The van der Waals surface area contributed by atoms with Gasteiger partial charge in [0.05, 0.1) is 6.04 Å². The summed E-state index contributed by atoms with van der Waals surface area (Å²) in [6, 6.07) is -0.506. The molecule has 0 aromatic carbocycles. The van der Waals surface area contributed by atoms with Crippen LogP contribution in [-0.4, -0.2) is 78.4 Å². The van der Waals surface area contributed by atoms with E-state index in [1.165, 1.54) is 225 Å². The first kappa shape index (κ1) is 59.3. The predicted molar refractivity (Wildman–Crippen MR) is 267 cm³/mol. The van der Waals surface area contributed by atoms with Gasteiger partial charge in [0.1, 0.15) is 18.3 Å². The summed E-state index contributed by atoms with van der Waals surface area (Å²) in [4.78, 5) is 15.6. The van der Waals surface area contributed by atoms with E-state index >= 15 is 0 Å². The zero-order chi connectivity index (χ0) is 45.0. The summed E-state index contributed by atoms with van der Waals surface area (Å²) in [5, 5.41) is 26.1. The zero-order valence-corrected chi connectivity index (χ0v) is 42.3. The van der Waals surface area contributed by atoms with E-state index in [9.17, 15) is 15.0 Å². The molecule has 0 aromatic rings. The van der Waals surface area contributed by atoms with Crippen LogP contribution in [0.2, 0.25) is 0 Å². The van der Waals surface area contributed by atoms with Crippen molar-refractivity contribution in [2.24, 2.45) is 0 Å². The van der Waals surface area contributed by atoms with Gasteiger partial charge in [0.2, 0.25) is 5.91 Å². The molecule has 1 fully saturated rings. The predicted octanol–water partition coefficient (Wildman–Crippen LogP) is 15.3. The van der Waals surface area contributed by atoms with Crippen molar-refractivity contribution in [3.63, 3.8) is 0 Å². The summed E-state index contributed by atoms with van der Waals surface area (Å²) in [6.07, 6.45) is 50.7. The van der Waals surface area contributed by atoms with E-state index in [0.29, 0.717) is 19.5 Å². The standard InChI is InChI=1S/C55H110N2O5/c1-5-8-11-14-17-20-22-24-26-28-30-32-35-38-41-44-47-56-52-54(60)53(59)50(62-55(52)61-4)49-57(51(58)46-43-40-37-34-19-16-13-10-7-3)48-45-42-39-36-33-31-29-27-25-23-21-18-15-12-9-6-2/h50,52-56,59-60H,5-49H2,1-4H3/t50-,52-,53+,54-,55+/m1/s1. The van der Waals surface area contributed by atoms with Gasteiger partial charge in [-0.05, 0) is 25.8 Å². The first-order valence-corrected chi connectivity index (χ1v) is 28.1. The summed E-state index contributed by atoms with van der Waals surface area (Å²) in [5.41, 5.74) is 0. The molecule has 1 rings (SSSR count). The second-order valence-electron chi connectivity index (χ2n) is 19.8. The number of nitrogens with one attached hydrogen (secondary N) is 1. The molecule has 3 N–H and O–H groups in total. The Balaban J connectivity index is 2.41. The van der Waals surface area contributed by atoms with E-state index in [1.54, 1.807) is 7.11 Å². The van der Waals surface area contributed by atoms with E-state index in [1.807, 2.05) is 4.90 Å². The molecule has 0 bridgehead atoms. The van der Waals surface area contributed by atoms with Crippen molar-refractivity contribution in [1.29, 1.82) is 0 Å². The van der Waals surface area contributed by atoms with Crippen LogP contribution in [0, 0.1) is 0 Å². The minimum absolute atomic E-state index is 0.150. The molecule has 62 heavy (non-hydrogen) atoms. The SMILES string of the molecule is CCCCCCCCCCCCCCCCCCN[C@H]1[C@@H](OC)O[C@H](CN(CCCCCCCCCCCCCCCCCC)C(=O)CCCCCCCCCCC)[C@H](O)[C@@H]1O. The van der Waals surface area contributed by atoms with Crippen molar-refractivity contribution in [3.8, 4) is 0 Å². The highest BCUT2D eigenvalue weighted by molar-refractivity contribution is 5.76. The molecule has 0 aliphatic carbocycles. The maximum atomic E-state index is 13.7. The van der Waals surface area contributed by atoms with Gasteiger partial charge in [-0.25, -0.2) is 0 Å². The fourth-order valence-corrected chi connectivity index (χ4v) is 9.57. The van der Waals surface area contributed by atoms with Gasteiger partial charge in [-0.2, -0.15) is 0 Å². The Morgan fingerprint density at radius 2 is 0.790 bits per heavy atom. The van der Waals surface area contributed by atoms with E-state index in [0.717, 1.165) is 45.1 Å². The Labute approximate surface area is 387 Å². The molecular weight excluding hydrogens is 769 g/mol. The van der Waals surface area contributed by atoms with Gasteiger partial charge < -0.3 is 29.9 Å². The average molecular weight is 879 g/mol. The third-order valence-corrected chi connectivity index (χ3v) is 13.9. The number of amides is 1. The zero-order valence-electron chi connectivity index (χ0n) is 42.3. The van der Waals surface area contributed by atoms with Crippen LogP contribution in [0.3, 0.4) is 0 Å². The number of aliphatic hydroxyl groups excluding tert-OH is 2. The lowest BCUT2D eigenvalue weighted by Crippen LogP contribution is -2.65. The largest absolute Gasteiger partial charge is 0.388 e. The maximum absolute atomic E-state index is 13.7. The number of nitrogens with zero attached hydrogens (tertiary/aromatic N) is 1. The van der Waals surface area contributed by atoms with Gasteiger partial charge in [-0.15, -0.1) is 0 Å². The minimum Gasteiger partial charge on any atom is -0.388 e. The molecule has 5 atom stereocenters. The average Bonchev–Trinajstić information content (AvgIpc) is 3.28. The molecule has 1 saturated heterocycles. The number of ether oxygens (including phenoxy) is 2. The molecule has 0 aromatic heterocycles. The minimum atomic E-state index is -1.08. The molecule has 7 nitrogen and oxygen atoms in total. The molecule has 370 valence electrons.